The van der Waals surface area contributed by atoms with E-state index in [0.29, 0.717) is 11.8 Å². The summed E-state index contributed by atoms with van der Waals surface area (Å²) in [5, 5.41) is 11.9. The van der Waals surface area contributed by atoms with Crippen molar-refractivity contribution in [2.45, 2.75) is 33.6 Å². The Balaban J connectivity index is 1.58. The van der Waals surface area contributed by atoms with E-state index in [1.54, 1.807) is 6.20 Å². The number of hydrogen-bond acceptors (Lipinski definition) is 6. The number of rotatable bonds is 6. The molecule has 29 heavy (non-hydrogen) atoms. The van der Waals surface area contributed by atoms with Gasteiger partial charge in [0.1, 0.15) is 0 Å². The SMILES string of the molecule is CCN(CC)c1ccc(Nc2cnnc(N3CCCc4ccccc43)n2)c(C)c1. The van der Waals surface area contributed by atoms with Crippen LogP contribution in [0.1, 0.15) is 31.4 Å². The van der Waals surface area contributed by atoms with Crippen LogP contribution in [-0.2, 0) is 6.42 Å². The topological polar surface area (TPSA) is 57.2 Å². The zero-order valence-corrected chi connectivity index (χ0v) is 17.4. The van der Waals surface area contributed by atoms with Gasteiger partial charge in [0.15, 0.2) is 5.82 Å². The molecule has 0 fully saturated rings. The van der Waals surface area contributed by atoms with Crippen LogP contribution >= 0.6 is 0 Å². The number of aryl methyl sites for hydroxylation is 2. The van der Waals surface area contributed by atoms with Crippen LogP contribution in [0.2, 0.25) is 0 Å². The second kappa shape index (κ2) is 8.47. The van der Waals surface area contributed by atoms with E-state index in [2.05, 4.69) is 88.5 Å². The minimum atomic E-state index is 0.638. The van der Waals surface area contributed by atoms with Crippen molar-refractivity contribution in [3.05, 3.63) is 59.8 Å². The zero-order valence-electron chi connectivity index (χ0n) is 17.4. The molecule has 0 saturated carbocycles. The van der Waals surface area contributed by atoms with Crippen molar-refractivity contribution in [2.75, 3.05) is 34.8 Å². The molecule has 0 bridgehead atoms. The van der Waals surface area contributed by atoms with Crippen LogP contribution < -0.4 is 15.1 Å². The minimum absolute atomic E-state index is 0.638. The van der Waals surface area contributed by atoms with Crippen molar-refractivity contribution in [1.29, 1.82) is 0 Å². The number of hydrogen-bond donors (Lipinski definition) is 1. The number of benzene rings is 2. The largest absolute Gasteiger partial charge is 0.372 e. The molecular formula is C23H28N6. The van der Waals surface area contributed by atoms with Crippen LogP contribution in [0.4, 0.5) is 28.8 Å². The summed E-state index contributed by atoms with van der Waals surface area (Å²) in [6.07, 6.45) is 3.86. The summed E-state index contributed by atoms with van der Waals surface area (Å²) in [6.45, 7) is 9.37. The van der Waals surface area contributed by atoms with Gasteiger partial charge in [0.25, 0.3) is 5.95 Å². The van der Waals surface area contributed by atoms with Gasteiger partial charge in [0.2, 0.25) is 0 Å². The second-order valence-corrected chi connectivity index (χ2v) is 7.32. The van der Waals surface area contributed by atoms with Crippen molar-refractivity contribution in [3.8, 4) is 0 Å². The van der Waals surface area contributed by atoms with Crippen molar-refractivity contribution in [3.63, 3.8) is 0 Å². The summed E-state index contributed by atoms with van der Waals surface area (Å²) in [5.74, 6) is 1.34. The Morgan fingerprint density at radius 3 is 2.72 bits per heavy atom. The molecular weight excluding hydrogens is 360 g/mol. The van der Waals surface area contributed by atoms with Gasteiger partial charge in [0, 0.05) is 36.7 Å². The lowest BCUT2D eigenvalue weighted by Gasteiger charge is -2.29. The molecule has 0 unspecified atom stereocenters. The third-order valence-electron chi connectivity index (χ3n) is 5.50. The predicted molar refractivity (Wildman–Crippen MR) is 120 cm³/mol. The van der Waals surface area contributed by atoms with Gasteiger partial charge >= 0.3 is 0 Å². The first kappa shape index (κ1) is 19.2. The standard InChI is InChI=1S/C23H28N6/c1-4-28(5-2)19-12-13-20(17(3)15-19)25-22-16-24-27-23(26-22)29-14-8-10-18-9-6-7-11-21(18)29/h6-7,9,11-13,15-16H,4-5,8,10,14H2,1-3H3,(H,25,26,27). The number of nitrogens with zero attached hydrogens (tertiary/aromatic N) is 5. The molecule has 3 aromatic rings. The molecule has 1 aliphatic rings. The number of para-hydroxylation sites is 1. The fourth-order valence-electron chi connectivity index (χ4n) is 3.92. The molecule has 0 amide bonds. The highest BCUT2D eigenvalue weighted by atomic mass is 15.3. The van der Waals surface area contributed by atoms with E-state index in [1.807, 2.05) is 0 Å². The van der Waals surface area contributed by atoms with Crippen LogP contribution in [-0.4, -0.2) is 34.8 Å². The fourth-order valence-corrected chi connectivity index (χ4v) is 3.92. The molecule has 2 heterocycles. The van der Waals surface area contributed by atoms with Gasteiger partial charge in [-0.3, -0.25) is 0 Å². The monoisotopic (exact) mass is 388 g/mol. The molecule has 1 aliphatic heterocycles. The maximum Gasteiger partial charge on any atom is 0.251 e. The van der Waals surface area contributed by atoms with Gasteiger partial charge in [0.05, 0.1) is 6.20 Å². The third-order valence-corrected chi connectivity index (χ3v) is 5.50. The van der Waals surface area contributed by atoms with E-state index in [9.17, 15) is 0 Å². The lowest BCUT2D eigenvalue weighted by molar-refractivity contribution is 0.742. The van der Waals surface area contributed by atoms with Gasteiger partial charge in [-0.1, -0.05) is 18.2 Å². The van der Waals surface area contributed by atoms with E-state index in [4.69, 9.17) is 4.98 Å². The molecule has 2 aromatic carbocycles. The van der Waals surface area contributed by atoms with Crippen molar-refractivity contribution in [2.24, 2.45) is 0 Å². The Kier molecular flexibility index (Phi) is 5.60. The lowest BCUT2D eigenvalue weighted by atomic mass is 10.0. The quantitative estimate of drug-likeness (QED) is 0.651. The number of aromatic nitrogens is 3. The van der Waals surface area contributed by atoms with Crippen LogP contribution in [0.25, 0.3) is 0 Å². The third kappa shape index (κ3) is 4.01. The van der Waals surface area contributed by atoms with Gasteiger partial charge in [-0.05, 0) is 69.0 Å². The minimum Gasteiger partial charge on any atom is -0.372 e. The maximum atomic E-state index is 4.75. The Hall–Kier alpha value is -3.15. The Morgan fingerprint density at radius 2 is 1.93 bits per heavy atom. The molecule has 4 rings (SSSR count). The maximum absolute atomic E-state index is 4.75. The Bertz CT molecular complexity index is 983. The summed E-state index contributed by atoms with van der Waals surface area (Å²) in [7, 11) is 0. The van der Waals surface area contributed by atoms with E-state index in [0.717, 1.165) is 38.2 Å². The molecule has 0 atom stereocenters. The summed E-state index contributed by atoms with van der Waals surface area (Å²) in [4.78, 5) is 9.25. The van der Waals surface area contributed by atoms with Gasteiger partial charge in [-0.15, -0.1) is 5.10 Å². The first-order valence-electron chi connectivity index (χ1n) is 10.4. The highest BCUT2D eigenvalue weighted by Gasteiger charge is 2.20. The van der Waals surface area contributed by atoms with E-state index < -0.39 is 0 Å². The van der Waals surface area contributed by atoms with Crippen molar-refractivity contribution >= 4 is 28.8 Å². The van der Waals surface area contributed by atoms with Crippen LogP contribution in [0.3, 0.4) is 0 Å². The number of anilines is 5. The molecule has 0 spiro atoms. The number of fused-ring (bicyclic) bond motifs is 1. The van der Waals surface area contributed by atoms with Gasteiger partial charge < -0.3 is 15.1 Å². The molecule has 6 heteroatoms. The zero-order chi connectivity index (χ0) is 20.2. The molecule has 0 saturated heterocycles. The van der Waals surface area contributed by atoms with Crippen LogP contribution in [0.15, 0.2) is 48.7 Å². The van der Waals surface area contributed by atoms with E-state index in [-0.39, 0.29) is 0 Å². The second-order valence-electron chi connectivity index (χ2n) is 7.32. The van der Waals surface area contributed by atoms with E-state index in [1.165, 1.54) is 22.5 Å². The first-order chi connectivity index (χ1) is 14.2. The fraction of sp³-hybridized carbons (Fsp3) is 0.348. The molecule has 0 radical (unpaired) electrons. The van der Waals surface area contributed by atoms with Gasteiger partial charge in [-0.2, -0.15) is 10.1 Å². The lowest BCUT2D eigenvalue weighted by Crippen LogP contribution is -2.26. The highest BCUT2D eigenvalue weighted by molar-refractivity contribution is 5.67. The average Bonchev–Trinajstić information content (AvgIpc) is 2.76. The molecule has 0 aliphatic carbocycles. The van der Waals surface area contributed by atoms with Crippen molar-refractivity contribution in [1.82, 2.24) is 15.2 Å². The first-order valence-corrected chi connectivity index (χ1v) is 10.4. The summed E-state index contributed by atoms with van der Waals surface area (Å²) >= 11 is 0. The predicted octanol–water partition coefficient (Wildman–Crippen LogP) is 4.85. The Labute approximate surface area is 172 Å². The average molecular weight is 389 g/mol. The van der Waals surface area contributed by atoms with Gasteiger partial charge in [-0.25, -0.2) is 0 Å². The van der Waals surface area contributed by atoms with E-state index >= 15 is 0 Å². The number of nitrogens with one attached hydrogen (secondary N) is 1. The molecule has 150 valence electrons. The van der Waals surface area contributed by atoms with Crippen LogP contribution in [0.5, 0.6) is 0 Å². The molecule has 1 aromatic heterocycles. The normalized spacial score (nSPS) is 13.1. The highest BCUT2D eigenvalue weighted by Crippen LogP contribution is 2.32. The summed E-state index contributed by atoms with van der Waals surface area (Å²) < 4.78 is 0. The molecule has 1 N–H and O–H groups in total. The summed E-state index contributed by atoms with van der Waals surface area (Å²) in [5.41, 5.74) is 5.97. The molecule has 6 nitrogen and oxygen atoms in total. The summed E-state index contributed by atoms with van der Waals surface area (Å²) in [6, 6.07) is 14.9. The van der Waals surface area contributed by atoms with Crippen LogP contribution in [0, 0.1) is 6.92 Å². The smallest absolute Gasteiger partial charge is 0.251 e. The van der Waals surface area contributed by atoms with Crippen molar-refractivity contribution < 1.29 is 0 Å². The Morgan fingerprint density at radius 1 is 1.10 bits per heavy atom.